The number of anilines is 1. The quantitative estimate of drug-likeness (QED) is 0.773. The van der Waals surface area contributed by atoms with Crippen LogP contribution in [0.5, 0.6) is 0 Å². The summed E-state index contributed by atoms with van der Waals surface area (Å²) < 4.78 is 0. The summed E-state index contributed by atoms with van der Waals surface area (Å²) >= 11 is 0. The van der Waals surface area contributed by atoms with Gasteiger partial charge in [0.15, 0.2) is 0 Å². The molecule has 1 unspecified atom stereocenters. The van der Waals surface area contributed by atoms with Gasteiger partial charge in [-0.3, -0.25) is 0 Å². The molecule has 1 aliphatic rings. The largest absolute Gasteiger partial charge is 0.381 e. The van der Waals surface area contributed by atoms with Crippen LogP contribution in [-0.2, 0) is 0 Å². The van der Waals surface area contributed by atoms with E-state index in [0.717, 1.165) is 13.1 Å². The number of hydrogen-bond acceptors (Lipinski definition) is 2. The Morgan fingerprint density at radius 3 is 2.67 bits per heavy atom. The molecule has 1 aliphatic heterocycles. The topological polar surface area (TPSA) is 24.1 Å². The molecular weight excluding hydrogens is 184 g/mol. The molecule has 0 bridgehead atoms. The molecule has 82 valence electrons. The zero-order chi connectivity index (χ0) is 10.8. The molecule has 2 nitrogen and oxygen atoms in total. The second kappa shape index (κ2) is 4.23. The molecule has 0 radical (unpaired) electrons. The average Bonchev–Trinajstić information content (AvgIpc) is 2.72. The number of hydrogen-bond donors (Lipinski definition) is 2. The Labute approximate surface area is 92.1 Å². The molecule has 1 saturated heterocycles. The van der Waals surface area contributed by atoms with Crippen molar-refractivity contribution in [2.45, 2.75) is 33.2 Å². The van der Waals surface area contributed by atoms with Crippen molar-refractivity contribution in [3.63, 3.8) is 0 Å². The predicted octanol–water partition coefficient (Wildman–Crippen LogP) is 2.39. The van der Waals surface area contributed by atoms with Gasteiger partial charge in [0.2, 0.25) is 0 Å². The van der Waals surface area contributed by atoms with Gasteiger partial charge >= 0.3 is 0 Å². The summed E-state index contributed by atoms with van der Waals surface area (Å²) in [6.45, 7) is 8.80. The number of benzene rings is 1. The van der Waals surface area contributed by atoms with Gasteiger partial charge in [0.1, 0.15) is 0 Å². The third-order valence-corrected chi connectivity index (χ3v) is 3.48. The zero-order valence-electron chi connectivity index (χ0n) is 9.85. The molecule has 0 spiro atoms. The maximum Gasteiger partial charge on any atom is 0.0398 e. The molecule has 2 rings (SSSR count). The van der Waals surface area contributed by atoms with E-state index in [1.807, 2.05) is 0 Å². The minimum Gasteiger partial charge on any atom is -0.381 e. The molecule has 1 aromatic carbocycles. The van der Waals surface area contributed by atoms with Gasteiger partial charge in [-0.05, 0) is 56.5 Å². The van der Waals surface area contributed by atoms with Crippen molar-refractivity contribution in [2.75, 3.05) is 18.4 Å². The summed E-state index contributed by atoms with van der Waals surface area (Å²) in [7, 11) is 0. The fourth-order valence-electron chi connectivity index (χ4n) is 2.11. The van der Waals surface area contributed by atoms with Crippen molar-refractivity contribution >= 4 is 5.69 Å². The van der Waals surface area contributed by atoms with E-state index < -0.39 is 0 Å². The number of nitrogens with one attached hydrogen (secondary N) is 2. The lowest BCUT2D eigenvalue weighted by Gasteiger charge is -2.17. The van der Waals surface area contributed by atoms with Crippen LogP contribution in [-0.4, -0.2) is 19.1 Å². The van der Waals surface area contributed by atoms with Gasteiger partial charge in [0.05, 0.1) is 0 Å². The lowest BCUT2D eigenvalue weighted by Crippen LogP contribution is -2.22. The Balaban J connectivity index is 2.17. The SMILES string of the molecule is Cc1ccc(NC2CCNC2)c(C)c1C. The first-order chi connectivity index (χ1) is 7.18. The van der Waals surface area contributed by atoms with Crippen molar-refractivity contribution in [1.29, 1.82) is 0 Å². The minimum atomic E-state index is 0.603. The van der Waals surface area contributed by atoms with E-state index in [4.69, 9.17) is 0 Å². The van der Waals surface area contributed by atoms with Gasteiger partial charge in [-0.25, -0.2) is 0 Å². The lowest BCUT2D eigenvalue weighted by atomic mass is 10.0. The molecule has 1 atom stereocenters. The predicted molar refractivity (Wildman–Crippen MR) is 65.6 cm³/mol. The Morgan fingerprint density at radius 2 is 2.00 bits per heavy atom. The summed E-state index contributed by atoms with van der Waals surface area (Å²) in [5.74, 6) is 0. The van der Waals surface area contributed by atoms with Gasteiger partial charge in [-0.2, -0.15) is 0 Å². The molecule has 0 saturated carbocycles. The molecule has 2 N–H and O–H groups in total. The van der Waals surface area contributed by atoms with Gasteiger partial charge < -0.3 is 10.6 Å². The van der Waals surface area contributed by atoms with E-state index in [2.05, 4.69) is 43.5 Å². The van der Waals surface area contributed by atoms with Gasteiger partial charge in [0.25, 0.3) is 0 Å². The first-order valence-corrected chi connectivity index (χ1v) is 5.72. The normalized spacial score (nSPS) is 20.6. The molecule has 1 aromatic rings. The smallest absolute Gasteiger partial charge is 0.0398 e. The van der Waals surface area contributed by atoms with E-state index in [-0.39, 0.29) is 0 Å². The standard InChI is InChI=1S/C13H20N2/c1-9-4-5-13(11(3)10(9)2)15-12-6-7-14-8-12/h4-5,12,14-15H,6-8H2,1-3H3. The molecule has 1 fully saturated rings. The minimum absolute atomic E-state index is 0.603. The van der Waals surface area contributed by atoms with E-state index in [1.165, 1.54) is 28.8 Å². The van der Waals surface area contributed by atoms with Crippen LogP contribution in [0.15, 0.2) is 12.1 Å². The highest BCUT2D eigenvalue weighted by Gasteiger charge is 2.15. The van der Waals surface area contributed by atoms with Crippen LogP contribution in [0.4, 0.5) is 5.69 Å². The first kappa shape index (κ1) is 10.5. The van der Waals surface area contributed by atoms with Crippen LogP contribution in [0.2, 0.25) is 0 Å². The highest BCUT2D eigenvalue weighted by Crippen LogP contribution is 2.22. The molecule has 0 amide bonds. The van der Waals surface area contributed by atoms with Crippen molar-refractivity contribution in [3.05, 3.63) is 28.8 Å². The molecule has 1 heterocycles. The van der Waals surface area contributed by atoms with E-state index in [0.29, 0.717) is 6.04 Å². The van der Waals surface area contributed by atoms with E-state index in [1.54, 1.807) is 0 Å². The Hall–Kier alpha value is -1.02. The fraction of sp³-hybridized carbons (Fsp3) is 0.538. The summed E-state index contributed by atoms with van der Waals surface area (Å²) in [5.41, 5.74) is 5.47. The van der Waals surface area contributed by atoms with Gasteiger partial charge in [-0.1, -0.05) is 6.07 Å². The summed E-state index contributed by atoms with van der Waals surface area (Å²) in [4.78, 5) is 0. The first-order valence-electron chi connectivity index (χ1n) is 5.72. The van der Waals surface area contributed by atoms with Crippen LogP contribution in [0, 0.1) is 20.8 Å². The van der Waals surface area contributed by atoms with E-state index >= 15 is 0 Å². The van der Waals surface area contributed by atoms with Crippen molar-refractivity contribution in [1.82, 2.24) is 5.32 Å². The maximum absolute atomic E-state index is 3.61. The lowest BCUT2D eigenvalue weighted by molar-refractivity contribution is 0.792. The molecule has 2 heteroatoms. The fourth-order valence-corrected chi connectivity index (χ4v) is 2.11. The van der Waals surface area contributed by atoms with Crippen LogP contribution in [0.3, 0.4) is 0 Å². The highest BCUT2D eigenvalue weighted by molar-refractivity contribution is 5.56. The van der Waals surface area contributed by atoms with Crippen LogP contribution in [0.25, 0.3) is 0 Å². The van der Waals surface area contributed by atoms with Crippen LogP contribution >= 0.6 is 0 Å². The monoisotopic (exact) mass is 204 g/mol. The van der Waals surface area contributed by atoms with E-state index in [9.17, 15) is 0 Å². The summed E-state index contributed by atoms with van der Waals surface area (Å²) in [5, 5.41) is 6.99. The van der Waals surface area contributed by atoms with Gasteiger partial charge in [0, 0.05) is 18.3 Å². The molecular formula is C13H20N2. The Morgan fingerprint density at radius 1 is 1.20 bits per heavy atom. The highest BCUT2D eigenvalue weighted by atomic mass is 15.0. The second-order valence-corrected chi connectivity index (χ2v) is 4.51. The third-order valence-electron chi connectivity index (χ3n) is 3.48. The molecule has 15 heavy (non-hydrogen) atoms. The number of aryl methyl sites for hydroxylation is 1. The maximum atomic E-state index is 3.61. The second-order valence-electron chi connectivity index (χ2n) is 4.51. The van der Waals surface area contributed by atoms with Crippen molar-refractivity contribution < 1.29 is 0 Å². The van der Waals surface area contributed by atoms with Crippen molar-refractivity contribution in [3.8, 4) is 0 Å². The van der Waals surface area contributed by atoms with Crippen molar-refractivity contribution in [2.24, 2.45) is 0 Å². The third kappa shape index (κ3) is 2.15. The number of rotatable bonds is 2. The molecule has 0 aromatic heterocycles. The van der Waals surface area contributed by atoms with Crippen LogP contribution in [0.1, 0.15) is 23.1 Å². The van der Waals surface area contributed by atoms with Gasteiger partial charge in [-0.15, -0.1) is 0 Å². The zero-order valence-corrected chi connectivity index (χ0v) is 9.85. The Kier molecular flexibility index (Phi) is 2.96. The van der Waals surface area contributed by atoms with Crippen LogP contribution < -0.4 is 10.6 Å². The molecule has 0 aliphatic carbocycles. The Bertz CT molecular complexity index is 352. The summed E-state index contributed by atoms with van der Waals surface area (Å²) in [6.07, 6.45) is 1.23. The summed E-state index contributed by atoms with van der Waals surface area (Å²) in [6, 6.07) is 5.01. The average molecular weight is 204 g/mol.